The van der Waals surface area contributed by atoms with Crippen LogP contribution in [0, 0.1) is 0 Å². The minimum atomic E-state index is -0.218. The maximum Gasteiger partial charge on any atom is 0.112 e. The number of hydrogen-bond acceptors (Lipinski definition) is 1. The fourth-order valence-corrected chi connectivity index (χ4v) is 0.886. The second kappa shape index (κ2) is 5.74. The fourth-order valence-electron chi connectivity index (χ4n) is 0.681. The Kier molecular flexibility index (Phi) is 7.86. The van der Waals surface area contributed by atoms with Gasteiger partial charge in [0.25, 0.3) is 0 Å². The third-order valence-electron chi connectivity index (χ3n) is 0.937. The molecule has 0 fully saturated rings. The Bertz CT molecular complexity index is 84.3. The molecule has 1 atom stereocenters. The lowest BCUT2D eigenvalue weighted by Crippen LogP contribution is -3.00. The first-order chi connectivity index (χ1) is 3.95. The van der Waals surface area contributed by atoms with E-state index in [4.69, 9.17) is 5.11 Å². The van der Waals surface area contributed by atoms with E-state index in [9.17, 15) is 0 Å². The standard InChI is InChI=1S/C6H15BrNO.HI/c1-8(2,3)5-6(9)4-7;/h6,9H,4-5H2,1-3H3;1H/q+1;/p-1. The van der Waals surface area contributed by atoms with Gasteiger partial charge in [0.2, 0.25) is 0 Å². The average Bonchev–Trinajstić information content (AvgIpc) is 1.62. The molecule has 0 aromatic heterocycles. The van der Waals surface area contributed by atoms with Gasteiger partial charge < -0.3 is 33.6 Å². The van der Waals surface area contributed by atoms with Crippen molar-refractivity contribution in [2.75, 3.05) is 33.0 Å². The highest BCUT2D eigenvalue weighted by atomic mass is 127. The molecule has 0 bridgehead atoms. The second-order valence-corrected chi connectivity index (χ2v) is 3.93. The fraction of sp³-hybridized carbons (Fsp3) is 1.00. The van der Waals surface area contributed by atoms with Crippen LogP contribution >= 0.6 is 15.9 Å². The number of quaternary nitrogens is 1. The first-order valence-corrected chi connectivity index (χ1v) is 4.12. The average molecular weight is 324 g/mol. The summed E-state index contributed by atoms with van der Waals surface area (Å²) in [5.41, 5.74) is 0. The van der Waals surface area contributed by atoms with Crippen LogP contribution in [0.3, 0.4) is 0 Å². The van der Waals surface area contributed by atoms with E-state index in [1.807, 2.05) is 0 Å². The van der Waals surface area contributed by atoms with Crippen LogP contribution in [0.15, 0.2) is 0 Å². The molecule has 0 amide bonds. The van der Waals surface area contributed by atoms with Gasteiger partial charge >= 0.3 is 0 Å². The number of alkyl halides is 1. The second-order valence-electron chi connectivity index (χ2n) is 3.28. The van der Waals surface area contributed by atoms with E-state index in [1.54, 1.807) is 0 Å². The zero-order valence-electron chi connectivity index (χ0n) is 6.64. The number of aliphatic hydroxyl groups is 1. The molecule has 0 saturated carbocycles. The van der Waals surface area contributed by atoms with Crippen molar-refractivity contribution in [2.24, 2.45) is 0 Å². The van der Waals surface area contributed by atoms with Crippen LogP contribution in [0.1, 0.15) is 0 Å². The van der Waals surface area contributed by atoms with Crippen molar-refractivity contribution >= 4 is 15.9 Å². The largest absolute Gasteiger partial charge is 1.00 e. The molecule has 0 saturated heterocycles. The first kappa shape index (κ1) is 13.7. The zero-order valence-corrected chi connectivity index (χ0v) is 10.4. The van der Waals surface area contributed by atoms with Crippen molar-refractivity contribution in [3.05, 3.63) is 0 Å². The van der Waals surface area contributed by atoms with Crippen LogP contribution in [0.4, 0.5) is 0 Å². The van der Waals surface area contributed by atoms with Gasteiger partial charge in [-0.05, 0) is 0 Å². The van der Waals surface area contributed by atoms with Crippen molar-refractivity contribution < 1.29 is 33.6 Å². The van der Waals surface area contributed by atoms with Gasteiger partial charge in [0.15, 0.2) is 0 Å². The summed E-state index contributed by atoms with van der Waals surface area (Å²) in [5.74, 6) is 0. The van der Waals surface area contributed by atoms with Gasteiger partial charge in [-0.1, -0.05) is 15.9 Å². The summed E-state index contributed by atoms with van der Waals surface area (Å²) >= 11 is 3.21. The van der Waals surface area contributed by atoms with Gasteiger partial charge in [0.05, 0.1) is 21.1 Å². The Morgan fingerprint density at radius 2 is 1.80 bits per heavy atom. The molecule has 0 radical (unpaired) electrons. The molecular weight excluding hydrogens is 309 g/mol. The van der Waals surface area contributed by atoms with E-state index in [2.05, 4.69) is 37.1 Å². The van der Waals surface area contributed by atoms with Crippen LogP contribution in [0.5, 0.6) is 0 Å². The SMILES string of the molecule is C[N+](C)(C)CC(O)CBr.[I-]. The molecule has 2 nitrogen and oxygen atoms in total. The minimum Gasteiger partial charge on any atom is -1.00 e. The highest BCUT2D eigenvalue weighted by Gasteiger charge is 2.13. The quantitative estimate of drug-likeness (QED) is 0.344. The normalized spacial score (nSPS) is 14.1. The molecule has 64 valence electrons. The minimum absolute atomic E-state index is 0. The smallest absolute Gasteiger partial charge is 0.112 e. The third kappa shape index (κ3) is 9.13. The number of aliphatic hydroxyl groups excluding tert-OH is 1. The lowest BCUT2D eigenvalue weighted by Gasteiger charge is -2.25. The molecule has 0 aromatic rings. The number of likely N-dealkylation sites (N-methyl/N-ethyl adjacent to an activating group) is 1. The van der Waals surface area contributed by atoms with E-state index in [0.717, 1.165) is 11.0 Å². The Morgan fingerprint density at radius 1 is 1.40 bits per heavy atom. The van der Waals surface area contributed by atoms with Crippen molar-refractivity contribution in [1.82, 2.24) is 0 Å². The summed E-state index contributed by atoms with van der Waals surface area (Å²) in [5, 5.41) is 9.80. The number of halogens is 2. The van der Waals surface area contributed by atoms with Gasteiger partial charge in [-0.2, -0.15) is 0 Å². The molecule has 0 aliphatic rings. The summed E-state index contributed by atoms with van der Waals surface area (Å²) in [6, 6.07) is 0. The molecule has 0 aliphatic carbocycles. The highest BCUT2D eigenvalue weighted by Crippen LogP contribution is 1.97. The molecule has 1 unspecified atom stereocenters. The van der Waals surface area contributed by atoms with Crippen LogP contribution in [0.25, 0.3) is 0 Å². The van der Waals surface area contributed by atoms with E-state index in [1.165, 1.54) is 0 Å². The summed E-state index contributed by atoms with van der Waals surface area (Å²) in [6.07, 6.45) is -0.218. The Labute approximate surface area is 88.3 Å². The van der Waals surface area contributed by atoms with Gasteiger partial charge in [0.1, 0.15) is 12.6 Å². The highest BCUT2D eigenvalue weighted by molar-refractivity contribution is 9.09. The van der Waals surface area contributed by atoms with E-state index in [0.29, 0.717) is 5.33 Å². The zero-order chi connectivity index (χ0) is 7.49. The lowest BCUT2D eigenvalue weighted by molar-refractivity contribution is -0.873. The van der Waals surface area contributed by atoms with E-state index in [-0.39, 0.29) is 30.1 Å². The summed E-state index contributed by atoms with van der Waals surface area (Å²) in [4.78, 5) is 0. The predicted octanol–water partition coefficient (Wildman–Crippen LogP) is -2.55. The van der Waals surface area contributed by atoms with Gasteiger partial charge in [0, 0.05) is 5.33 Å². The summed E-state index contributed by atoms with van der Waals surface area (Å²) in [7, 11) is 6.18. The molecule has 0 heterocycles. The molecular formula is C6H15BrINO. The Balaban J connectivity index is 0. The van der Waals surface area contributed by atoms with Crippen LogP contribution in [-0.2, 0) is 0 Å². The molecule has 0 rings (SSSR count). The maximum atomic E-state index is 9.13. The van der Waals surface area contributed by atoms with Gasteiger partial charge in [-0.15, -0.1) is 0 Å². The molecule has 0 aliphatic heterocycles. The van der Waals surface area contributed by atoms with E-state index < -0.39 is 0 Å². The van der Waals surface area contributed by atoms with Crippen LogP contribution in [-0.4, -0.2) is 48.7 Å². The van der Waals surface area contributed by atoms with Crippen LogP contribution < -0.4 is 24.0 Å². The van der Waals surface area contributed by atoms with E-state index >= 15 is 0 Å². The lowest BCUT2D eigenvalue weighted by atomic mass is 10.3. The summed E-state index contributed by atoms with van der Waals surface area (Å²) < 4.78 is 0.812. The number of hydrogen-bond donors (Lipinski definition) is 1. The maximum absolute atomic E-state index is 9.13. The van der Waals surface area contributed by atoms with Crippen molar-refractivity contribution in [3.63, 3.8) is 0 Å². The van der Waals surface area contributed by atoms with Crippen LogP contribution in [0.2, 0.25) is 0 Å². The Hall–Kier alpha value is 1.13. The molecule has 0 aromatic carbocycles. The summed E-state index contributed by atoms with van der Waals surface area (Å²) in [6.45, 7) is 0.797. The molecule has 1 N–H and O–H groups in total. The Morgan fingerprint density at radius 3 is 1.90 bits per heavy atom. The number of rotatable bonds is 3. The third-order valence-corrected chi connectivity index (χ3v) is 1.68. The van der Waals surface area contributed by atoms with Crippen molar-refractivity contribution in [2.45, 2.75) is 6.10 Å². The van der Waals surface area contributed by atoms with Gasteiger partial charge in [-0.3, -0.25) is 0 Å². The molecule has 4 heteroatoms. The first-order valence-electron chi connectivity index (χ1n) is 3.00. The predicted molar refractivity (Wildman–Crippen MR) is 42.7 cm³/mol. The van der Waals surface area contributed by atoms with Gasteiger partial charge in [-0.25, -0.2) is 0 Å². The topological polar surface area (TPSA) is 20.2 Å². The molecule has 0 spiro atoms. The molecule has 10 heavy (non-hydrogen) atoms. The monoisotopic (exact) mass is 323 g/mol. The van der Waals surface area contributed by atoms with Crippen molar-refractivity contribution in [1.29, 1.82) is 0 Å². The number of nitrogens with zero attached hydrogens (tertiary/aromatic N) is 1. The van der Waals surface area contributed by atoms with Crippen molar-refractivity contribution in [3.8, 4) is 0 Å².